The number of carbonyl (C=O) groups is 2. The molecule has 0 radical (unpaired) electrons. The number of aliphatic hydroxyl groups is 2. The van der Waals surface area contributed by atoms with Crippen LogP contribution in [0, 0.1) is 6.92 Å². The summed E-state index contributed by atoms with van der Waals surface area (Å²) in [5, 5.41) is 20.2. The summed E-state index contributed by atoms with van der Waals surface area (Å²) in [5.74, 6) is -1.05. The van der Waals surface area contributed by atoms with Crippen molar-refractivity contribution in [1.29, 1.82) is 0 Å². The van der Waals surface area contributed by atoms with Crippen molar-refractivity contribution in [1.82, 2.24) is 4.90 Å². The maximum Gasteiger partial charge on any atom is 0.295 e. The number of aliphatic hydroxyl groups excluding tert-OH is 2. The van der Waals surface area contributed by atoms with Crippen molar-refractivity contribution in [2.24, 2.45) is 0 Å². The number of Topliss-reactive ketones (excluding diaryl/α,β-unsaturated/α-hetero) is 1. The number of ether oxygens (including phenoxy) is 1. The molecule has 1 aliphatic rings. The maximum atomic E-state index is 12.8. The SMILES string of the molecule is C=CCOc1ccc(/C(O)=C2\C(=O)C(=O)N(CCCO)C2c2ccc(C)cc2)cc1. The van der Waals surface area contributed by atoms with Gasteiger partial charge in [0.25, 0.3) is 11.7 Å². The average molecular weight is 407 g/mol. The maximum absolute atomic E-state index is 12.8. The molecule has 6 heteroatoms. The van der Waals surface area contributed by atoms with E-state index < -0.39 is 17.7 Å². The summed E-state index contributed by atoms with van der Waals surface area (Å²) in [6.07, 6.45) is 1.97. The van der Waals surface area contributed by atoms with Gasteiger partial charge in [-0.05, 0) is 43.2 Å². The third-order valence-electron chi connectivity index (χ3n) is 4.99. The summed E-state index contributed by atoms with van der Waals surface area (Å²) in [6.45, 7) is 6.01. The predicted molar refractivity (Wildman–Crippen MR) is 114 cm³/mol. The van der Waals surface area contributed by atoms with Gasteiger partial charge < -0.3 is 19.8 Å². The zero-order chi connectivity index (χ0) is 21.7. The Labute approximate surface area is 175 Å². The van der Waals surface area contributed by atoms with Gasteiger partial charge in [-0.3, -0.25) is 9.59 Å². The van der Waals surface area contributed by atoms with Crippen LogP contribution in [0.1, 0.15) is 29.2 Å². The van der Waals surface area contributed by atoms with Crippen molar-refractivity contribution in [3.05, 3.63) is 83.4 Å². The number of hydrogen-bond acceptors (Lipinski definition) is 5. The minimum atomic E-state index is -0.733. The Hall–Kier alpha value is -3.38. The third kappa shape index (κ3) is 4.28. The first-order valence-corrected chi connectivity index (χ1v) is 9.78. The van der Waals surface area contributed by atoms with Gasteiger partial charge in [0.1, 0.15) is 18.1 Å². The van der Waals surface area contributed by atoms with Crippen molar-refractivity contribution < 1.29 is 24.5 Å². The third-order valence-corrected chi connectivity index (χ3v) is 4.99. The minimum absolute atomic E-state index is 0.0431. The predicted octanol–water partition coefficient (Wildman–Crippen LogP) is 3.36. The Bertz CT molecular complexity index is 960. The van der Waals surface area contributed by atoms with E-state index in [0.717, 1.165) is 11.1 Å². The number of carbonyl (C=O) groups excluding carboxylic acids is 2. The van der Waals surface area contributed by atoms with Crippen LogP contribution in [-0.4, -0.2) is 46.6 Å². The Morgan fingerprint density at radius 3 is 2.40 bits per heavy atom. The quantitative estimate of drug-likeness (QED) is 0.303. The second kappa shape index (κ2) is 9.41. The molecule has 0 aliphatic carbocycles. The largest absolute Gasteiger partial charge is 0.507 e. The van der Waals surface area contributed by atoms with Gasteiger partial charge in [-0.15, -0.1) is 0 Å². The van der Waals surface area contributed by atoms with E-state index in [1.165, 1.54) is 4.90 Å². The van der Waals surface area contributed by atoms with E-state index in [9.17, 15) is 19.8 Å². The normalized spacial score (nSPS) is 17.9. The average Bonchev–Trinajstić information content (AvgIpc) is 3.01. The zero-order valence-corrected chi connectivity index (χ0v) is 16.9. The van der Waals surface area contributed by atoms with Crippen LogP contribution < -0.4 is 4.74 Å². The van der Waals surface area contributed by atoms with Gasteiger partial charge in [-0.1, -0.05) is 42.5 Å². The van der Waals surface area contributed by atoms with E-state index in [2.05, 4.69) is 6.58 Å². The van der Waals surface area contributed by atoms with Gasteiger partial charge in [0.2, 0.25) is 0 Å². The molecule has 1 atom stereocenters. The lowest BCUT2D eigenvalue weighted by atomic mass is 9.94. The molecule has 1 heterocycles. The summed E-state index contributed by atoms with van der Waals surface area (Å²) in [4.78, 5) is 27.0. The summed E-state index contributed by atoms with van der Waals surface area (Å²) in [5.41, 5.74) is 2.23. The molecule has 3 rings (SSSR count). The molecular weight excluding hydrogens is 382 g/mol. The fourth-order valence-corrected chi connectivity index (χ4v) is 3.47. The Kier molecular flexibility index (Phi) is 6.69. The standard InChI is InChI=1S/C24H25NO5/c1-3-15-30-19-11-9-18(10-12-19)22(27)20-21(17-7-5-16(2)6-8-17)25(13-4-14-26)24(29)23(20)28/h3,5-12,21,26-27H,1,4,13-15H2,2H3/b22-20+. The molecule has 2 aromatic rings. The van der Waals surface area contributed by atoms with Crippen molar-refractivity contribution in [2.75, 3.05) is 19.8 Å². The highest BCUT2D eigenvalue weighted by Crippen LogP contribution is 2.39. The minimum Gasteiger partial charge on any atom is -0.507 e. The number of rotatable bonds is 8. The van der Waals surface area contributed by atoms with Crippen LogP contribution in [0.5, 0.6) is 5.75 Å². The molecular formula is C24H25NO5. The molecule has 0 saturated carbocycles. The summed E-state index contributed by atoms with van der Waals surface area (Å²) in [6, 6.07) is 13.4. The van der Waals surface area contributed by atoms with Crippen molar-refractivity contribution in [2.45, 2.75) is 19.4 Å². The van der Waals surface area contributed by atoms with Gasteiger partial charge in [-0.2, -0.15) is 0 Å². The van der Waals surface area contributed by atoms with Gasteiger partial charge in [0.05, 0.1) is 11.6 Å². The van der Waals surface area contributed by atoms with Crippen LogP contribution in [0.4, 0.5) is 0 Å². The first-order chi connectivity index (χ1) is 14.5. The number of amides is 1. The van der Waals surface area contributed by atoms with Crippen molar-refractivity contribution in [3.63, 3.8) is 0 Å². The van der Waals surface area contributed by atoms with Crippen LogP contribution in [0.25, 0.3) is 5.76 Å². The van der Waals surface area contributed by atoms with E-state index in [1.54, 1.807) is 30.3 Å². The summed E-state index contributed by atoms with van der Waals surface area (Å²) >= 11 is 0. The van der Waals surface area contributed by atoms with Crippen LogP contribution in [0.2, 0.25) is 0 Å². The second-order valence-corrected chi connectivity index (χ2v) is 7.10. The molecule has 1 unspecified atom stereocenters. The highest BCUT2D eigenvalue weighted by atomic mass is 16.5. The molecule has 2 aromatic carbocycles. The van der Waals surface area contributed by atoms with Crippen LogP contribution >= 0.6 is 0 Å². The zero-order valence-electron chi connectivity index (χ0n) is 16.9. The molecule has 156 valence electrons. The molecule has 0 spiro atoms. The molecule has 1 aliphatic heterocycles. The molecule has 1 amide bonds. The monoisotopic (exact) mass is 407 g/mol. The Morgan fingerprint density at radius 1 is 1.13 bits per heavy atom. The van der Waals surface area contributed by atoms with E-state index >= 15 is 0 Å². The topological polar surface area (TPSA) is 87.1 Å². The van der Waals surface area contributed by atoms with E-state index in [4.69, 9.17) is 4.74 Å². The molecule has 1 saturated heterocycles. The molecule has 30 heavy (non-hydrogen) atoms. The number of nitrogens with zero attached hydrogens (tertiary/aromatic N) is 1. The summed E-state index contributed by atoms with van der Waals surface area (Å²) < 4.78 is 5.45. The first kappa shape index (κ1) is 21.3. The molecule has 2 N–H and O–H groups in total. The number of benzene rings is 2. The first-order valence-electron chi connectivity index (χ1n) is 9.78. The number of likely N-dealkylation sites (tertiary alicyclic amines) is 1. The van der Waals surface area contributed by atoms with Gasteiger partial charge in [0.15, 0.2) is 0 Å². The van der Waals surface area contributed by atoms with Crippen LogP contribution in [0.15, 0.2) is 66.8 Å². The van der Waals surface area contributed by atoms with E-state index in [1.807, 2.05) is 31.2 Å². The number of aryl methyl sites for hydroxylation is 1. The Morgan fingerprint density at radius 2 is 1.80 bits per heavy atom. The Balaban J connectivity index is 2.05. The fraction of sp³-hybridized carbons (Fsp3) is 0.250. The molecule has 1 fully saturated rings. The molecule has 0 bridgehead atoms. The second-order valence-electron chi connectivity index (χ2n) is 7.10. The lowest BCUT2D eigenvalue weighted by molar-refractivity contribution is -0.140. The number of ketones is 1. The van der Waals surface area contributed by atoms with Crippen LogP contribution in [-0.2, 0) is 9.59 Å². The fourth-order valence-electron chi connectivity index (χ4n) is 3.47. The van der Waals surface area contributed by atoms with Crippen molar-refractivity contribution >= 4 is 17.4 Å². The molecule has 6 nitrogen and oxygen atoms in total. The lowest BCUT2D eigenvalue weighted by Crippen LogP contribution is -2.31. The summed E-state index contributed by atoms with van der Waals surface area (Å²) in [7, 11) is 0. The van der Waals surface area contributed by atoms with Crippen molar-refractivity contribution in [3.8, 4) is 5.75 Å². The molecule has 0 aromatic heterocycles. The highest BCUT2D eigenvalue weighted by Gasteiger charge is 2.45. The lowest BCUT2D eigenvalue weighted by Gasteiger charge is -2.25. The van der Waals surface area contributed by atoms with Crippen LogP contribution in [0.3, 0.4) is 0 Å². The highest BCUT2D eigenvalue weighted by molar-refractivity contribution is 6.46. The smallest absolute Gasteiger partial charge is 0.295 e. The van der Waals surface area contributed by atoms with Gasteiger partial charge in [0, 0.05) is 18.7 Å². The van der Waals surface area contributed by atoms with Gasteiger partial charge >= 0.3 is 0 Å². The number of hydrogen-bond donors (Lipinski definition) is 2. The van der Waals surface area contributed by atoms with E-state index in [-0.39, 0.29) is 24.5 Å². The van der Waals surface area contributed by atoms with Gasteiger partial charge in [-0.25, -0.2) is 0 Å². The van der Waals surface area contributed by atoms with E-state index in [0.29, 0.717) is 24.3 Å².